The lowest BCUT2D eigenvalue weighted by Crippen LogP contribution is -2.49. The molecule has 2 aliphatic rings. The summed E-state index contributed by atoms with van der Waals surface area (Å²) in [4.78, 5) is 16.5. The minimum atomic E-state index is -0.455. The SMILES string of the molecule is O=C(c1ccc(Br)cc1F)N1CCN(C2CC2)CC1. The maximum Gasteiger partial charge on any atom is 0.256 e. The van der Waals surface area contributed by atoms with Gasteiger partial charge in [0.05, 0.1) is 5.56 Å². The third-order valence-corrected chi connectivity index (χ3v) is 4.32. The monoisotopic (exact) mass is 326 g/mol. The Balaban J connectivity index is 1.67. The lowest BCUT2D eigenvalue weighted by Gasteiger charge is -2.34. The maximum absolute atomic E-state index is 13.8. The van der Waals surface area contributed by atoms with E-state index in [1.165, 1.54) is 18.9 Å². The molecule has 0 N–H and O–H groups in total. The van der Waals surface area contributed by atoms with Gasteiger partial charge in [-0.1, -0.05) is 15.9 Å². The number of carbonyl (C=O) groups excluding carboxylic acids is 1. The molecule has 1 aromatic rings. The number of nitrogens with zero attached hydrogens (tertiary/aromatic N) is 2. The van der Waals surface area contributed by atoms with Crippen LogP contribution in [0.1, 0.15) is 23.2 Å². The number of benzene rings is 1. The first-order valence-corrected chi connectivity index (χ1v) is 7.43. The van der Waals surface area contributed by atoms with Crippen molar-refractivity contribution in [1.29, 1.82) is 0 Å². The highest BCUT2D eigenvalue weighted by Gasteiger charge is 2.32. The molecule has 0 unspecified atom stereocenters. The van der Waals surface area contributed by atoms with E-state index < -0.39 is 5.82 Å². The van der Waals surface area contributed by atoms with Crippen molar-refractivity contribution in [3.63, 3.8) is 0 Å². The first kappa shape index (κ1) is 13.1. The molecular weight excluding hydrogens is 311 g/mol. The van der Waals surface area contributed by atoms with Crippen LogP contribution >= 0.6 is 15.9 Å². The molecule has 1 saturated carbocycles. The van der Waals surface area contributed by atoms with Crippen LogP contribution < -0.4 is 0 Å². The number of hydrogen-bond acceptors (Lipinski definition) is 2. The van der Waals surface area contributed by atoms with Crippen molar-refractivity contribution in [3.8, 4) is 0 Å². The van der Waals surface area contributed by atoms with Crippen molar-refractivity contribution in [2.24, 2.45) is 0 Å². The molecule has 0 bridgehead atoms. The van der Waals surface area contributed by atoms with Crippen LogP contribution in [0.2, 0.25) is 0 Å². The zero-order valence-electron chi connectivity index (χ0n) is 10.6. The Kier molecular flexibility index (Phi) is 3.58. The Hall–Kier alpha value is -0.940. The number of hydrogen-bond donors (Lipinski definition) is 0. The van der Waals surface area contributed by atoms with Gasteiger partial charge < -0.3 is 4.90 Å². The van der Waals surface area contributed by atoms with E-state index in [1.807, 2.05) is 0 Å². The summed E-state index contributed by atoms with van der Waals surface area (Å²) in [6.07, 6.45) is 2.57. The lowest BCUT2D eigenvalue weighted by atomic mass is 10.1. The second-order valence-corrected chi connectivity index (χ2v) is 6.10. The van der Waals surface area contributed by atoms with E-state index in [0.717, 1.165) is 19.1 Å². The number of piperazine rings is 1. The average molecular weight is 327 g/mol. The topological polar surface area (TPSA) is 23.6 Å². The van der Waals surface area contributed by atoms with Gasteiger partial charge in [0.1, 0.15) is 5.82 Å². The molecule has 0 spiro atoms. The van der Waals surface area contributed by atoms with Crippen molar-refractivity contribution >= 4 is 21.8 Å². The van der Waals surface area contributed by atoms with Gasteiger partial charge in [0.15, 0.2) is 0 Å². The molecule has 102 valence electrons. The molecule has 1 aliphatic heterocycles. The van der Waals surface area contributed by atoms with E-state index in [4.69, 9.17) is 0 Å². The molecular formula is C14H16BrFN2O. The van der Waals surface area contributed by atoms with Crippen LogP contribution in [0, 0.1) is 5.82 Å². The second kappa shape index (κ2) is 5.21. The van der Waals surface area contributed by atoms with Crippen LogP contribution in [0.3, 0.4) is 0 Å². The highest BCUT2D eigenvalue weighted by atomic mass is 79.9. The van der Waals surface area contributed by atoms with Crippen molar-refractivity contribution < 1.29 is 9.18 Å². The van der Waals surface area contributed by atoms with Gasteiger partial charge in [-0.25, -0.2) is 4.39 Å². The van der Waals surface area contributed by atoms with Gasteiger partial charge in [-0.2, -0.15) is 0 Å². The second-order valence-electron chi connectivity index (χ2n) is 5.18. The Morgan fingerprint density at radius 3 is 2.47 bits per heavy atom. The molecule has 1 aromatic carbocycles. The fraction of sp³-hybridized carbons (Fsp3) is 0.500. The van der Waals surface area contributed by atoms with Crippen molar-refractivity contribution in [2.45, 2.75) is 18.9 Å². The van der Waals surface area contributed by atoms with E-state index in [9.17, 15) is 9.18 Å². The fourth-order valence-electron chi connectivity index (χ4n) is 2.56. The zero-order chi connectivity index (χ0) is 13.4. The van der Waals surface area contributed by atoms with E-state index in [-0.39, 0.29) is 11.5 Å². The van der Waals surface area contributed by atoms with Crippen LogP contribution in [0.25, 0.3) is 0 Å². The van der Waals surface area contributed by atoms with Gasteiger partial charge in [-0.05, 0) is 31.0 Å². The zero-order valence-corrected chi connectivity index (χ0v) is 12.2. The molecule has 0 atom stereocenters. The van der Waals surface area contributed by atoms with Crippen molar-refractivity contribution in [3.05, 3.63) is 34.1 Å². The summed E-state index contributed by atoms with van der Waals surface area (Å²) in [6.45, 7) is 3.22. The van der Waals surface area contributed by atoms with Gasteiger partial charge in [0.25, 0.3) is 5.91 Å². The van der Waals surface area contributed by atoms with Gasteiger partial charge in [-0.15, -0.1) is 0 Å². The number of halogens is 2. The standard InChI is InChI=1S/C14H16BrFN2O/c15-10-1-4-12(13(16)9-10)14(19)18-7-5-17(6-8-18)11-2-3-11/h1,4,9,11H,2-3,5-8H2. The summed E-state index contributed by atoms with van der Waals surface area (Å²) >= 11 is 3.20. The summed E-state index contributed by atoms with van der Waals surface area (Å²) in [5, 5.41) is 0. The van der Waals surface area contributed by atoms with Crippen LogP contribution in [0.15, 0.2) is 22.7 Å². The van der Waals surface area contributed by atoms with E-state index in [1.54, 1.807) is 17.0 Å². The van der Waals surface area contributed by atoms with Crippen LogP contribution in [-0.2, 0) is 0 Å². The third-order valence-electron chi connectivity index (χ3n) is 3.83. The van der Waals surface area contributed by atoms with Crippen LogP contribution in [-0.4, -0.2) is 47.9 Å². The molecule has 0 radical (unpaired) electrons. The maximum atomic E-state index is 13.8. The highest BCUT2D eigenvalue weighted by molar-refractivity contribution is 9.10. The molecule has 1 amide bonds. The van der Waals surface area contributed by atoms with E-state index in [0.29, 0.717) is 17.6 Å². The Morgan fingerprint density at radius 2 is 1.89 bits per heavy atom. The Morgan fingerprint density at radius 1 is 1.21 bits per heavy atom. The summed E-state index contributed by atoms with van der Waals surface area (Å²) in [5.41, 5.74) is 0.170. The Bertz CT molecular complexity index is 496. The van der Waals surface area contributed by atoms with E-state index in [2.05, 4.69) is 20.8 Å². The van der Waals surface area contributed by atoms with Gasteiger partial charge in [0.2, 0.25) is 0 Å². The molecule has 2 fully saturated rings. The molecule has 0 aromatic heterocycles. The lowest BCUT2D eigenvalue weighted by molar-refractivity contribution is 0.0622. The normalized spacial score (nSPS) is 20.6. The van der Waals surface area contributed by atoms with Gasteiger partial charge in [0, 0.05) is 36.7 Å². The largest absolute Gasteiger partial charge is 0.336 e. The molecule has 1 heterocycles. The first-order valence-electron chi connectivity index (χ1n) is 6.63. The predicted molar refractivity (Wildman–Crippen MR) is 74.6 cm³/mol. The first-order chi connectivity index (χ1) is 9.15. The smallest absolute Gasteiger partial charge is 0.256 e. The van der Waals surface area contributed by atoms with Gasteiger partial charge >= 0.3 is 0 Å². The highest BCUT2D eigenvalue weighted by Crippen LogP contribution is 2.27. The average Bonchev–Trinajstić information content (AvgIpc) is 3.22. The number of amides is 1. The molecule has 1 saturated heterocycles. The molecule has 3 rings (SSSR count). The summed E-state index contributed by atoms with van der Waals surface area (Å²) in [7, 11) is 0. The summed E-state index contributed by atoms with van der Waals surface area (Å²) in [6, 6.07) is 5.33. The quantitative estimate of drug-likeness (QED) is 0.833. The molecule has 5 heteroatoms. The summed E-state index contributed by atoms with van der Waals surface area (Å²) < 4.78 is 14.4. The molecule has 1 aliphatic carbocycles. The molecule has 3 nitrogen and oxygen atoms in total. The molecule has 19 heavy (non-hydrogen) atoms. The summed E-state index contributed by atoms with van der Waals surface area (Å²) in [5.74, 6) is -0.649. The minimum absolute atomic E-state index is 0.170. The number of carbonyl (C=O) groups is 1. The van der Waals surface area contributed by atoms with Crippen LogP contribution in [0.4, 0.5) is 4.39 Å². The third kappa shape index (κ3) is 2.82. The Labute approximate surface area is 120 Å². The van der Waals surface area contributed by atoms with Crippen LogP contribution in [0.5, 0.6) is 0 Å². The van der Waals surface area contributed by atoms with Crippen molar-refractivity contribution in [2.75, 3.05) is 26.2 Å². The van der Waals surface area contributed by atoms with Gasteiger partial charge in [-0.3, -0.25) is 9.69 Å². The predicted octanol–water partition coefficient (Wildman–Crippen LogP) is 2.51. The fourth-order valence-corrected chi connectivity index (χ4v) is 2.90. The van der Waals surface area contributed by atoms with E-state index >= 15 is 0 Å². The number of rotatable bonds is 2. The van der Waals surface area contributed by atoms with Crippen molar-refractivity contribution in [1.82, 2.24) is 9.80 Å². The minimum Gasteiger partial charge on any atom is -0.336 e.